The molecule has 1 aromatic carbocycles. The van der Waals surface area contributed by atoms with Gasteiger partial charge in [0.05, 0.1) is 5.02 Å². The summed E-state index contributed by atoms with van der Waals surface area (Å²) < 4.78 is 24.1. The molecule has 0 spiro atoms. The van der Waals surface area contributed by atoms with Crippen molar-refractivity contribution in [1.82, 2.24) is 0 Å². The Labute approximate surface area is 152 Å². The molecular formula is C19H24ClFO4. The predicted octanol–water partition coefficient (Wildman–Crippen LogP) is 4.64. The van der Waals surface area contributed by atoms with Crippen LogP contribution >= 0.6 is 11.6 Å². The Bertz CT molecular complexity index is 612. The van der Waals surface area contributed by atoms with E-state index in [1.165, 1.54) is 12.1 Å². The normalized spacial score (nSPS) is 23.4. The second kappa shape index (κ2) is 8.65. The summed E-state index contributed by atoms with van der Waals surface area (Å²) in [6, 6.07) is 3.88. The second-order valence-electron chi connectivity index (χ2n) is 7.03. The molecule has 0 unspecified atom stereocenters. The maximum Gasteiger partial charge on any atom is 0.344 e. The van der Waals surface area contributed by atoms with E-state index >= 15 is 0 Å². The van der Waals surface area contributed by atoms with Crippen molar-refractivity contribution < 1.29 is 23.5 Å². The van der Waals surface area contributed by atoms with Gasteiger partial charge in [-0.15, -0.1) is 0 Å². The van der Waals surface area contributed by atoms with Crippen LogP contribution in [0.1, 0.15) is 50.4 Å². The standard InChI is InChI=1S/C19H24ClFO4/c1-11(2)13-8-7-12(3)9-16(13)25-17(22)10-24-19(23)18-14(20)5-4-6-15(18)21/h4-6,11-13,16H,7-10H2,1-3H3/t12-,13-,16+/m1/s1. The lowest BCUT2D eigenvalue weighted by atomic mass is 9.75. The summed E-state index contributed by atoms with van der Waals surface area (Å²) in [6.07, 6.45) is 2.77. The number of esters is 2. The summed E-state index contributed by atoms with van der Waals surface area (Å²) in [7, 11) is 0. The van der Waals surface area contributed by atoms with Gasteiger partial charge in [-0.3, -0.25) is 0 Å². The Morgan fingerprint density at radius 3 is 2.68 bits per heavy atom. The van der Waals surface area contributed by atoms with Gasteiger partial charge in [0.15, 0.2) is 6.61 Å². The molecule has 1 fully saturated rings. The molecule has 2 rings (SSSR count). The fourth-order valence-electron chi connectivity index (χ4n) is 3.34. The molecule has 0 radical (unpaired) electrons. The van der Waals surface area contributed by atoms with Gasteiger partial charge in [0.25, 0.3) is 0 Å². The molecule has 0 amide bonds. The number of carbonyl (C=O) groups excluding carboxylic acids is 2. The van der Waals surface area contributed by atoms with Crippen LogP contribution in [0.15, 0.2) is 18.2 Å². The molecule has 1 aliphatic rings. The smallest absolute Gasteiger partial charge is 0.344 e. The van der Waals surface area contributed by atoms with Crippen molar-refractivity contribution in [3.05, 3.63) is 34.6 Å². The van der Waals surface area contributed by atoms with Gasteiger partial charge in [-0.05, 0) is 42.7 Å². The van der Waals surface area contributed by atoms with E-state index in [1.54, 1.807) is 0 Å². The van der Waals surface area contributed by atoms with Crippen LogP contribution in [0.3, 0.4) is 0 Å². The maximum absolute atomic E-state index is 13.7. The molecule has 4 nitrogen and oxygen atoms in total. The Kier molecular flexibility index (Phi) is 6.82. The Balaban J connectivity index is 1.92. The van der Waals surface area contributed by atoms with E-state index in [9.17, 15) is 14.0 Å². The number of carbonyl (C=O) groups is 2. The largest absolute Gasteiger partial charge is 0.460 e. The average Bonchev–Trinajstić information content (AvgIpc) is 2.52. The van der Waals surface area contributed by atoms with Crippen molar-refractivity contribution in [2.24, 2.45) is 17.8 Å². The first-order valence-corrected chi connectivity index (χ1v) is 8.98. The van der Waals surface area contributed by atoms with Crippen molar-refractivity contribution in [1.29, 1.82) is 0 Å². The topological polar surface area (TPSA) is 52.6 Å². The van der Waals surface area contributed by atoms with Gasteiger partial charge in [-0.25, -0.2) is 14.0 Å². The van der Waals surface area contributed by atoms with Crippen LogP contribution in [0.5, 0.6) is 0 Å². The minimum atomic E-state index is -0.975. The van der Waals surface area contributed by atoms with Crippen molar-refractivity contribution in [3.8, 4) is 0 Å². The van der Waals surface area contributed by atoms with Crippen LogP contribution in [0.25, 0.3) is 0 Å². The molecule has 138 valence electrons. The van der Waals surface area contributed by atoms with Crippen LogP contribution in [-0.2, 0) is 14.3 Å². The second-order valence-corrected chi connectivity index (χ2v) is 7.43. The van der Waals surface area contributed by atoms with Gasteiger partial charge in [0, 0.05) is 0 Å². The number of hydrogen-bond donors (Lipinski definition) is 0. The first-order chi connectivity index (χ1) is 11.8. The summed E-state index contributed by atoms with van der Waals surface area (Å²) in [5, 5.41) is -0.0562. The van der Waals surface area contributed by atoms with Crippen LogP contribution in [0.4, 0.5) is 4.39 Å². The van der Waals surface area contributed by atoms with Crippen molar-refractivity contribution in [2.75, 3.05) is 6.61 Å². The van der Waals surface area contributed by atoms with Crippen LogP contribution < -0.4 is 0 Å². The van der Waals surface area contributed by atoms with Crippen LogP contribution in [0.2, 0.25) is 5.02 Å². The van der Waals surface area contributed by atoms with Gasteiger partial charge in [-0.1, -0.05) is 44.9 Å². The number of benzene rings is 1. The quantitative estimate of drug-likeness (QED) is 0.708. The van der Waals surface area contributed by atoms with Crippen molar-refractivity contribution in [2.45, 2.75) is 46.1 Å². The van der Waals surface area contributed by atoms with Gasteiger partial charge in [0.1, 0.15) is 17.5 Å². The van der Waals surface area contributed by atoms with Gasteiger partial charge in [0.2, 0.25) is 0 Å². The van der Waals surface area contributed by atoms with E-state index in [-0.39, 0.29) is 16.7 Å². The van der Waals surface area contributed by atoms with E-state index in [4.69, 9.17) is 21.1 Å². The highest BCUT2D eigenvalue weighted by Crippen LogP contribution is 2.35. The molecule has 0 saturated heterocycles. The Hall–Kier alpha value is -1.62. The Morgan fingerprint density at radius 2 is 2.04 bits per heavy atom. The van der Waals surface area contributed by atoms with Crippen LogP contribution in [-0.4, -0.2) is 24.6 Å². The highest BCUT2D eigenvalue weighted by Gasteiger charge is 2.33. The fraction of sp³-hybridized carbons (Fsp3) is 0.579. The third-order valence-electron chi connectivity index (χ3n) is 4.73. The summed E-state index contributed by atoms with van der Waals surface area (Å²) in [5.74, 6) is -1.18. The molecule has 1 aliphatic carbocycles. The number of halogens is 2. The molecule has 0 aromatic heterocycles. The molecule has 6 heteroatoms. The molecule has 25 heavy (non-hydrogen) atoms. The van der Waals surface area contributed by atoms with Crippen molar-refractivity contribution >= 4 is 23.5 Å². The minimum Gasteiger partial charge on any atom is -0.460 e. The van der Waals surface area contributed by atoms with E-state index in [2.05, 4.69) is 20.8 Å². The van der Waals surface area contributed by atoms with Gasteiger partial charge in [-0.2, -0.15) is 0 Å². The van der Waals surface area contributed by atoms with Crippen molar-refractivity contribution in [3.63, 3.8) is 0 Å². The third kappa shape index (κ3) is 5.18. The lowest BCUT2D eigenvalue weighted by molar-refractivity contribution is -0.159. The Morgan fingerprint density at radius 1 is 1.32 bits per heavy atom. The molecule has 0 bridgehead atoms. The summed E-state index contributed by atoms with van der Waals surface area (Å²) >= 11 is 5.81. The maximum atomic E-state index is 13.7. The lowest BCUT2D eigenvalue weighted by Crippen LogP contribution is -2.36. The molecule has 3 atom stereocenters. The van der Waals surface area contributed by atoms with Crippen LogP contribution in [0, 0.1) is 23.6 Å². The zero-order chi connectivity index (χ0) is 18.6. The summed E-state index contributed by atoms with van der Waals surface area (Å²) in [4.78, 5) is 24.0. The summed E-state index contributed by atoms with van der Waals surface area (Å²) in [6.45, 7) is 5.81. The van der Waals surface area contributed by atoms with E-state index in [1.807, 2.05) is 0 Å². The lowest BCUT2D eigenvalue weighted by Gasteiger charge is -2.36. The van der Waals surface area contributed by atoms with Gasteiger partial charge < -0.3 is 9.47 Å². The monoisotopic (exact) mass is 370 g/mol. The van der Waals surface area contributed by atoms with E-state index < -0.39 is 24.4 Å². The predicted molar refractivity (Wildman–Crippen MR) is 92.9 cm³/mol. The zero-order valence-electron chi connectivity index (χ0n) is 14.8. The molecular weight excluding hydrogens is 347 g/mol. The zero-order valence-corrected chi connectivity index (χ0v) is 15.5. The van der Waals surface area contributed by atoms with Gasteiger partial charge >= 0.3 is 11.9 Å². The van der Waals surface area contributed by atoms with E-state index in [0.29, 0.717) is 17.8 Å². The summed E-state index contributed by atoms with van der Waals surface area (Å²) in [5.41, 5.74) is -0.372. The first-order valence-electron chi connectivity index (χ1n) is 8.60. The highest BCUT2D eigenvalue weighted by molar-refractivity contribution is 6.33. The molecule has 1 aromatic rings. The highest BCUT2D eigenvalue weighted by atomic mass is 35.5. The first kappa shape index (κ1) is 19.7. The number of hydrogen-bond acceptors (Lipinski definition) is 4. The fourth-order valence-corrected chi connectivity index (χ4v) is 3.58. The number of ether oxygens (including phenoxy) is 2. The number of rotatable bonds is 5. The minimum absolute atomic E-state index is 0.0562. The molecule has 1 saturated carbocycles. The molecule has 0 aliphatic heterocycles. The van der Waals surface area contributed by atoms with E-state index in [0.717, 1.165) is 25.3 Å². The molecule has 0 N–H and O–H groups in total. The third-order valence-corrected chi connectivity index (χ3v) is 5.05. The molecule has 0 heterocycles. The average molecular weight is 371 g/mol. The SMILES string of the molecule is CC(C)[C@H]1CC[C@@H](C)C[C@@H]1OC(=O)COC(=O)c1c(F)cccc1Cl.